The molecule has 3 amide bonds. The third-order valence-electron chi connectivity index (χ3n) is 3.99. The highest BCUT2D eigenvalue weighted by atomic mass is 35.5. The molecule has 5 nitrogen and oxygen atoms in total. The van der Waals surface area contributed by atoms with Crippen molar-refractivity contribution in [1.29, 1.82) is 0 Å². The minimum absolute atomic E-state index is 0.123. The van der Waals surface area contributed by atoms with Gasteiger partial charge in [-0.15, -0.1) is 0 Å². The van der Waals surface area contributed by atoms with Crippen LogP contribution < -0.4 is 5.32 Å². The first-order valence-corrected chi connectivity index (χ1v) is 8.78. The summed E-state index contributed by atoms with van der Waals surface area (Å²) in [6.45, 7) is 0.760. The van der Waals surface area contributed by atoms with Gasteiger partial charge in [-0.1, -0.05) is 59.6 Å². The number of nitrogens with one attached hydrogen (secondary N) is 1. The van der Waals surface area contributed by atoms with E-state index in [-0.39, 0.29) is 25.2 Å². The lowest BCUT2D eigenvalue weighted by Crippen LogP contribution is -2.47. The maximum atomic E-state index is 12.4. The van der Waals surface area contributed by atoms with E-state index in [9.17, 15) is 9.59 Å². The maximum absolute atomic E-state index is 12.4. The van der Waals surface area contributed by atoms with Crippen LogP contribution in [0.5, 0.6) is 0 Å². The van der Waals surface area contributed by atoms with Crippen molar-refractivity contribution in [2.24, 2.45) is 0 Å². The third-order valence-corrected chi connectivity index (χ3v) is 4.70. The number of carbonyl (C=O) groups excluding carboxylic acids is 2. The molecular formula is C19H17Cl2N3O2. The van der Waals surface area contributed by atoms with Gasteiger partial charge in [0.1, 0.15) is 6.67 Å². The smallest absolute Gasteiger partial charge is 0.323 e. The molecule has 0 aromatic heterocycles. The molecule has 0 spiro atoms. The zero-order valence-electron chi connectivity index (χ0n) is 13.9. The summed E-state index contributed by atoms with van der Waals surface area (Å²) in [6, 6.07) is 14.5. The molecule has 0 atom stereocenters. The average Bonchev–Trinajstić information content (AvgIpc) is 2.65. The molecule has 2 aromatic rings. The fourth-order valence-electron chi connectivity index (χ4n) is 2.57. The van der Waals surface area contributed by atoms with Gasteiger partial charge >= 0.3 is 6.03 Å². The normalized spacial score (nSPS) is 13.8. The topological polar surface area (TPSA) is 52.7 Å². The molecule has 3 rings (SSSR count). The molecule has 0 aliphatic carbocycles. The summed E-state index contributed by atoms with van der Waals surface area (Å²) < 4.78 is 0. The first-order chi connectivity index (χ1) is 12.5. The molecule has 0 bridgehead atoms. The fourth-order valence-corrected chi connectivity index (χ4v) is 3.09. The van der Waals surface area contributed by atoms with Crippen molar-refractivity contribution in [2.45, 2.75) is 13.1 Å². The summed E-state index contributed by atoms with van der Waals surface area (Å²) in [6.07, 6.45) is 2.84. The number of rotatable bonds is 4. The molecule has 1 N–H and O–H groups in total. The Morgan fingerprint density at radius 2 is 1.73 bits per heavy atom. The predicted molar refractivity (Wildman–Crippen MR) is 102 cm³/mol. The van der Waals surface area contributed by atoms with Crippen molar-refractivity contribution in [3.05, 3.63) is 82.0 Å². The van der Waals surface area contributed by atoms with Crippen LogP contribution >= 0.6 is 23.2 Å². The predicted octanol–water partition coefficient (Wildman–Crippen LogP) is 4.02. The van der Waals surface area contributed by atoms with Crippen molar-refractivity contribution >= 4 is 35.1 Å². The zero-order chi connectivity index (χ0) is 18.5. The first-order valence-electron chi connectivity index (χ1n) is 8.03. The second-order valence-electron chi connectivity index (χ2n) is 5.81. The Kier molecular flexibility index (Phi) is 5.81. The Bertz CT molecular complexity index is 820. The molecule has 2 aromatic carbocycles. The molecule has 26 heavy (non-hydrogen) atoms. The summed E-state index contributed by atoms with van der Waals surface area (Å²) >= 11 is 12.4. The molecule has 7 heteroatoms. The van der Waals surface area contributed by atoms with Gasteiger partial charge in [0.05, 0.1) is 6.54 Å². The van der Waals surface area contributed by atoms with Gasteiger partial charge in [-0.25, -0.2) is 4.79 Å². The lowest BCUT2D eigenvalue weighted by Gasteiger charge is -2.31. The van der Waals surface area contributed by atoms with Crippen molar-refractivity contribution in [3.63, 3.8) is 0 Å². The zero-order valence-corrected chi connectivity index (χ0v) is 15.4. The van der Waals surface area contributed by atoms with Crippen LogP contribution in [0.2, 0.25) is 10.0 Å². The van der Waals surface area contributed by atoms with E-state index < -0.39 is 0 Å². The molecule has 0 fully saturated rings. The Hall–Kier alpha value is -2.50. The fraction of sp³-hybridized carbons (Fsp3) is 0.158. The molecule has 0 saturated carbocycles. The molecule has 0 radical (unpaired) electrons. The number of carbonyl (C=O) groups is 2. The molecule has 1 aliphatic rings. The van der Waals surface area contributed by atoms with Crippen LogP contribution in [-0.2, 0) is 17.9 Å². The summed E-state index contributed by atoms with van der Waals surface area (Å²) in [5.41, 5.74) is 1.65. The maximum Gasteiger partial charge on any atom is 0.323 e. The number of hydrogen-bond acceptors (Lipinski definition) is 2. The summed E-state index contributed by atoms with van der Waals surface area (Å²) in [5.74, 6) is -0.201. The van der Waals surface area contributed by atoms with Crippen LogP contribution in [0.1, 0.15) is 11.1 Å². The highest BCUT2D eigenvalue weighted by Crippen LogP contribution is 2.26. The minimum atomic E-state index is -0.284. The third kappa shape index (κ3) is 4.36. The van der Waals surface area contributed by atoms with Crippen LogP contribution in [0.15, 0.2) is 60.8 Å². The first kappa shape index (κ1) is 18.3. The van der Waals surface area contributed by atoms with Gasteiger partial charge in [0.2, 0.25) is 5.91 Å². The summed E-state index contributed by atoms with van der Waals surface area (Å²) in [7, 11) is 0. The Labute approximate surface area is 161 Å². The van der Waals surface area contributed by atoms with Crippen molar-refractivity contribution < 1.29 is 9.59 Å². The van der Waals surface area contributed by atoms with Crippen LogP contribution in [0, 0.1) is 0 Å². The molecule has 1 heterocycles. The Balaban J connectivity index is 1.65. The van der Waals surface area contributed by atoms with E-state index in [1.807, 2.05) is 30.3 Å². The highest BCUT2D eigenvalue weighted by molar-refractivity contribution is 6.36. The van der Waals surface area contributed by atoms with Gasteiger partial charge in [0.15, 0.2) is 0 Å². The molecular weight excluding hydrogens is 373 g/mol. The molecule has 134 valence electrons. The number of nitrogens with zero attached hydrogens (tertiary/aromatic N) is 2. The molecule has 1 aliphatic heterocycles. The molecule has 0 unspecified atom stereocenters. The van der Waals surface area contributed by atoms with E-state index in [0.29, 0.717) is 22.2 Å². The Morgan fingerprint density at radius 3 is 2.42 bits per heavy atom. The monoisotopic (exact) mass is 389 g/mol. The number of halogens is 2. The average molecular weight is 390 g/mol. The molecule has 0 saturated heterocycles. The van der Waals surface area contributed by atoms with Gasteiger partial charge in [-0.2, -0.15) is 0 Å². The van der Waals surface area contributed by atoms with Crippen LogP contribution in [0.3, 0.4) is 0 Å². The van der Waals surface area contributed by atoms with Gasteiger partial charge in [-0.3, -0.25) is 9.69 Å². The lowest BCUT2D eigenvalue weighted by molar-refractivity contribution is -0.128. The van der Waals surface area contributed by atoms with Gasteiger partial charge in [-0.05, 0) is 17.7 Å². The number of hydrogen-bond donors (Lipinski definition) is 1. The minimum Gasteiger partial charge on any atom is -0.334 e. The second-order valence-corrected chi connectivity index (χ2v) is 6.62. The number of benzene rings is 2. The SMILES string of the molecule is O=C(NCc1ccccc1)N1C=CC(=O)N(Cc2c(Cl)cccc2Cl)C1. The van der Waals surface area contributed by atoms with Crippen molar-refractivity contribution in [2.75, 3.05) is 6.67 Å². The highest BCUT2D eigenvalue weighted by Gasteiger charge is 2.24. The van der Waals surface area contributed by atoms with Gasteiger partial charge < -0.3 is 10.2 Å². The van der Waals surface area contributed by atoms with E-state index in [1.54, 1.807) is 18.2 Å². The van der Waals surface area contributed by atoms with E-state index in [1.165, 1.54) is 22.1 Å². The van der Waals surface area contributed by atoms with E-state index in [2.05, 4.69) is 5.32 Å². The number of urea groups is 1. The quantitative estimate of drug-likeness (QED) is 0.858. The van der Waals surface area contributed by atoms with E-state index in [0.717, 1.165) is 5.56 Å². The standard InChI is InChI=1S/C19H17Cl2N3O2/c20-16-7-4-8-17(21)15(16)12-24-13-23(10-9-18(24)25)19(26)22-11-14-5-2-1-3-6-14/h1-10H,11-13H2,(H,22,26). The largest absolute Gasteiger partial charge is 0.334 e. The van der Waals surface area contributed by atoms with E-state index in [4.69, 9.17) is 23.2 Å². The lowest BCUT2D eigenvalue weighted by atomic mass is 10.2. The van der Waals surface area contributed by atoms with Gasteiger partial charge in [0.25, 0.3) is 0 Å². The van der Waals surface area contributed by atoms with Crippen molar-refractivity contribution in [1.82, 2.24) is 15.1 Å². The van der Waals surface area contributed by atoms with Crippen LogP contribution in [0.25, 0.3) is 0 Å². The number of amides is 3. The van der Waals surface area contributed by atoms with Crippen LogP contribution in [-0.4, -0.2) is 28.4 Å². The van der Waals surface area contributed by atoms with Crippen LogP contribution in [0.4, 0.5) is 4.79 Å². The van der Waals surface area contributed by atoms with Crippen molar-refractivity contribution in [3.8, 4) is 0 Å². The van der Waals surface area contributed by atoms with Gasteiger partial charge in [0, 0.05) is 34.4 Å². The summed E-state index contributed by atoms with van der Waals surface area (Å²) in [4.78, 5) is 27.5. The Morgan fingerprint density at radius 1 is 1.04 bits per heavy atom. The van der Waals surface area contributed by atoms with E-state index >= 15 is 0 Å². The summed E-state index contributed by atoms with van der Waals surface area (Å²) in [5, 5.41) is 3.81. The second kappa shape index (κ2) is 8.25.